The van der Waals surface area contributed by atoms with Crippen LogP contribution >= 0.6 is 11.6 Å². The summed E-state index contributed by atoms with van der Waals surface area (Å²) in [6.07, 6.45) is 0.628. The van der Waals surface area contributed by atoms with E-state index >= 15 is 4.39 Å². The van der Waals surface area contributed by atoms with Crippen molar-refractivity contribution in [2.75, 3.05) is 0 Å². The topological polar surface area (TPSA) is 0 Å². The van der Waals surface area contributed by atoms with Gasteiger partial charge in [0.1, 0.15) is 5.83 Å². The predicted molar refractivity (Wildman–Crippen MR) is 104 cm³/mol. The molecule has 0 aliphatic carbocycles. The van der Waals surface area contributed by atoms with Crippen molar-refractivity contribution in [2.45, 2.75) is 19.3 Å². The first-order chi connectivity index (χ1) is 12.2. The summed E-state index contributed by atoms with van der Waals surface area (Å²) in [5.74, 6) is -0.282. The first kappa shape index (κ1) is 17.4. The van der Waals surface area contributed by atoms with Crippen LogP contribution in [0.1, 0.15) is 36.0 Å². The molecule has 0 bridgehead atoms. The second kappa shape index (κ2) is 8.13. The van der Waals surface area contributed by atoms with E-state index in [1.807, 2.05) is 91.9 Å². The third kappa shape index (κ3) is 4.00. The monoisotopic (exact) mass is 350 g/mol. The molecule has 0 amide bonds. The highest BCUT2D eigenvalue weighted by Crippen LogP contribution is 2.38. The molecule has 0 N–H and O–H groups in total. The number of benzene rings is 3. The van der Waals surface area contributed by atoms with Crippen molar-refractivity contribution in [1.82, 2.24) is 0 Å². The highest BCUT2D eigenvalue weighted by Gasteiger charge is 2.22. The lowest BCUT2D eigenvalue weighted by Gasteiger charge is -2.22. The normalized spacial score (nSPS) is 13.2. The summed E-state index contributed by atoms with van der Waals surface area (Å²) in [5.41, 5.74) is 3.51. The van der Waals surface area contributed by atoms with Crippen LogP contribution in [0.15, 0.2) is 90.5 Å². The molecule has 0 spiro atoms. The first-order valence-corrected chi connectivity index (χ1v) is 8.83. The molecule has 3 rings (SSSR count). The van der Waals surface area contributed by atoms with Crippen LogP contribution in [0.2, 0.25) is 5.02 Å². The maximum atomic E-state index is 15.4. The third-order valence-electron chi connectivity index (χ3n) is 4.37. The van der Waals surface area contributed by atoms with E-state index in [2.05, 4.69) is 0 Å². The molecule has 0 fully saturated rings. The zero-order valence-electron chi connectivity index (χ0n) is 14.1. The number of halogens is 2. The van der Waals surface area contributed by atoms with E-state index in [0.29, 0.717) is 17.0 Å². The van der Waals surface area contributed by atoms with E-state index < -0.39 is 0 Å². The van der Waals surface area contributed by atoms with Gasteiger partial charge >= 0.3 is 0 Å². The smallest absolute Gasteiger partial charge is 0.130 e. The van der Waals surface area contributed by atoms with Crippen molar-refractivity contribution in [3.63, 3.8) is 0 Å². The second-order valence-corrected chi connectivity index (χ2v) is 6.39. The van der Waals surface area contributed by atoms with Gasteiger partial charge in [0.05, 0.1) is 0 Å². The summed E-state index contributed by atoms with van der Waals surface area (Å²) in [6, 6.07) is 27.0. The average Bonchev–Trinajstić information content (AvgIpc) is 2.68. The van der Waals surface area contributed by atoms with Crippen LogP contribution in [-0.2, 0) is 0 Å². The Morgan fingerprint density at radius 2 is 1.32 bits per heavy atom. The molecular formula is C23H20ClF. The molecule has 0 saturated heterocycles. The number of hydrogen-bond donors (Lipinski definition) is 0. The fourth-order valence-corrected chi connectivity index (χ4v) is 3.28. The minimum absolute atomic E-state index is 0.135. The minimum atomic E-state index is -0.146. The minimum Gasteiger partial charge on any atom is -0.206 e. The molecule has 2 heteroatoms. The van der Waals surface area contributed by atoms with E-state index in [9.17, 15) is 0 Å². The Morgan fingerprint density at radius 1 is 0.800 bits per heavy atom. The predicted octanol–water partition coefficient (Wildman–Crippen LogP) is 7.26. The van der Waals surface area contributed by atoms with Crippen LogP contribution in [-0.4, -0.2) is 0 Å². The van der Waals surface area contributed by atoms with Crippen molar-refractivity contribution in [3.05, 3.63) is 112 Å². The maximum Gasteiger partial charge on any atom is 0.130 e. The Balaban J connectivity index is 2.17. The van der Waals surface area contributed by atoms with Gasteiger partial charge in [-0.2, -0.15) is 0 Å². The van der Waals surface area contributed by atoms with Crippen molar-refractivity contribution in [2.24, 2.45) is 0 Å². The fourth-order valence-electron chi connectivity index (χ4n) is 3.15. The zero-order chi connectivity index (χ0) is 17.6. The lowest BCUT2D eigenvalue weighted by molar-refractivity contribution is 0.722. The van der Waals surface area contributed by atoms with Gasteiger partial charge in [-0.1, -0.05) is 91.3 Å². The Kier molecular flexibility index (Phi) is 5.67. The molecule has 0 heterocycles. The molecule has 1 unspecified atom stereocenters. The van der Waals surface area contributed by atoms with Gasteiger partial charge in [-0.05, 0) is 35.3 Å². The molecule has 25 heavy (non-hydrogen) atoms. The number of allylic oxidation sites excluding steroid dienone is 1. The van der Waals surface area contributed by atoms with Gasteiger partial charge in [0.2, 0.25) is 0 Å². The summed E-state index contributed by atoms with van der Waals surface area (Å²) in [4.78, 5) is 0. The van der Waals surface area contributed by atoms with Crippen LogP contribution in [0.5, 0.6) is 0 Å². The molecule has 0 aliphatic rings. The summed E-state index contributed by atoms with van der Waals surface area (Å²) in [6.45, 7) is 2.00. The largest absolute Gasteiger partial charge is 0.206 e. The van der Waals surface area contributed by atoms with Crippen molar-refractivity contribution >= 4 is 17.4 Å². The zero-order valence-corrected chi connectivity index (χ0v) is 14.9. The molecule has 126 valence electrons. The Hall–Kier alpha value is -2.38. The summed E-state index contributed by atoms with van der Waals surface area (Å²) in [7, 11) is 0. The van der Waals surface area contributed by atoms with E-state index in [1.165, 1.54) is 0 Å². The van der Waals surface area contributed by atoms with Gasteiger partial charge in [0, 0.05) is 16.5 Å². The Labute approximate surface area is 153 Å². The first-order valence-electron chi connectivity index (χ1n) is 8.45. The SMILES string of the molecule is CC/C(=C(\F)c1ccccc1)C(c1ccccc1)c1ccc(Cl)cc1. The van der Waals surface area contributed by atoms with Gasteiger partial charge in [0.15, 0.2) is 0 Å². The van der Waals surface area contributed by atoms with Crippen molar-refractivity contribution in [3.8, 4) is 0 Å². The summed E-state index contributed by atoms with van der Waals surface area (Å²) >= 11 is 6.05. The number of rotatable bonds is 5. The molecule has 1 atom stereocenters. The van der Waals surface area contributed by atoms with Gasteiger partial charge in [-0.25, -0.2) is 4.39 Å². The molecule has 0 saturated carbocycles. The quantitative estimate of drug-likeness (QED) is 0.454. The number of hydrogen-bond acceptors (Lipinski definition) is 0. The third-order valence-corrected chi connectivity index (χ3v) is 4.63. The van der Waals surface area contributed by atoms with E-state index in [-0.39, 0.29) is 11.7 Å². The second-order valence-electron chi connectivity index (χ2n) is 5.95. The standard InChI is InChI=1S/C23H20ClF/c1-2-21(23(25)19-11-7-4-8-12-19)22(17-9-5-3-6-10-17)18-13-15-20(24)16-14-18/h3-16,22H,2H2,1H3/b23-21+. The molecule has 0 radical (unpaired) electrons. The van der Waals surface area contributed by atoms with E-state index in [0.717, 1.165) is 16.7 Å². The molecule has 0 aliphatic heterocycles. The molecule has 0 nitrogen and oxygen atoms in total. The molecular weight excluding hydrogens is 331 g/mol. The Bertz CT molecular complexity index is 836. The van der Waals surface area contributed by atoms with Crippen LogP contribution in [0.4, 0.5) is 4.39 Å². The van der Waals surface area contributed by atoms with E-state index in [4.69, 9.17) is 11.6 Å². The molecule has 3 aromatic carbocycles. The van der Waals surface area contributed by atoms with Gasteiger partial charge in [-0.3, -0.25) is 0 Å². The highest BCUT2D eigenvalue weighted by molar-refractivity contribution is 6.30. The van der Waals surface area contributed by atoms with Gasteiger partial charge < -0.3 is 0 Å². The fraction of sp³-hybridized carbons (Fsp3) is 0.130. The van der Waals surface area contributed by atoms with Crippen LogP contribution in [0, 0.1) is 0 Å². The maximum absolute atomic E-state index is 15.4. The average molecular weight is 351 g/mol. The van der Waals surface area contributed by atoms with Gasteiger partial charge in [-0.15, -0.1) is 0 Å². The molecule has 3 aromatic rings. The van der Waals surface area contributed by atoms with Crippen LogP contribution in [0.3, 0.4) is 0 Å². The lowest BCUT2D eigenvalue weighted by atomic mass is 9.82. The van der Waals surface area contributed by atoms with Crippen molar-refractivity contribution in [1.29, 1.82) is 0 Å². The van der Waals surface area contributed by atoms with Crippen LogP contribution < -0.4 is 0 Å². The highest BCUT2D eigenvalue weighted by atomic mass is 35.5. The summed E-state index contributed by atoms with van der Waals surface area (Å²) < 4.78 is 15.4. The Morgan fingerprint density at radius 3 is 1.88 bits per heavy atom. The van der Waals surface area contributed by atoms with Gasteiger partial charge in [0.25, 0.3) is 0 Å². The molecule has 0 aromatic heterocycles. The van der Waals surface area contributed by atoms with Crippen molar-refractivity contribution < 1.29 is 4.39 Å². The van der Waals surface area contributed by atoms with Crippen LogP contribution in [0.25, 0.3) is 5.83 Å². The lowest BCUT2D eigenvalue weighted by Crippen LogP contribution is -2.06. The summed E-state index contributed by atoms with van der Waals surface area (Å²) in [5, 5.41) is 0.682. The van der Waals surface area contributed by atoms with E-state index in [1.54, 1.807) is 0 Å².